The molecule has 1 saturated carbocycles. The molecule has 0 aromatic heterocycles. The van der Waals surface area contributed by atoms with Gasteiger partial charge in [-0.15, -0.1) is 0 Å². The molecule has 4 aliphatic rings. The molecule has 4 fully saturated rings. The maximum atomic E-state index is 12.6. The maximum absolute atomic E-state index is 12.6. The number of fused-ring (bicyclic) bond motifs is 1. The quantitative estimate of drug-likeness (QED) is 0.751. The van der Waals surface area contributed by atoms with Crippen molar-refractivity contribution in [3.63, 3.8) is 0 Å². The van der Waals surface area contributed by atoms with Crippen LogP contribution in [0.1, 0.15) is 32.1 Å². The second kappa shape index (κ2) is 6.40. The van der Waals surface area contributed by atoms with E-state index in [1.807, 2.05) is 4.90 Å². The predicted molar refractivity (Wildman–Crippen MR) is 84.8 cm³/mol. The zero-order chi connectivity index (χ0) is 15.8. The summed E-state index contributed by atoms with van der Waals surface area (Å²) >= 11 is 0. The zero-order valence-electron chi connectivity index (χ0n) is 13.8. The second-order valence-electron chi connectivity index (χ2n) is 7.43. The van der Waals surface area contributed by atoms with Crippen LogP contribution < -0.4 is 0 Å². The van der Waals surface area contributed by atoms with Crippen molar-refractivity contribution in [2.75, 3.05) is 45.9 Å². The highest BCUT2D eigenvalue weighted by atomic mass is 16.5. The highest BCUT2D eigenvalue weighted by Gasteiger charge is 2.42. The number of nitrogens with zero attached hydrogens (tertiary/aromatic N) is 3. The van der Waals surface area contributed by atoms with Crippen molar-refractivity contribution in [2.45, 2.75) is 44.2 Å². The molecule has 0 spiro atoms. The first-order valence-corrected chi connectivity index (χ1v) is 9.11. The Morgan fingerprint density at radius 2 is 2.00 bits per heavy atom. The molecule has 2 atom stereocenters. The van der Waals surface area contributed by atoms with Crippen LogP contribution in [0.5, 0.6) is 0 Å². The van der Waals surface area contributed by atoms with Crippen LogP contribution in [0.4, 0.5) is 0 Å². The summed E-state index contributed by atoms with van der Waals surface area (Å²) in [6.45, 7) is 4.41. The zero-order valence-corrected chi connectivity index (χ0v) is 13.8. The lowest BCUT2D eigenvalue weighted by molar-refractivity contribution is -0.149. The van der Waals surface area contributed by atoms with Crippen LogP contribution in [0, 0.1) is 5.92 Å². The highest BCUT2D eigenvalue weighted by Crippen LogP contribution is 2.38. The summed E-state index contributed by atoms with van der Waals surface area (Å²) in [4.78, 5) is 30.8. The molecule has 0 radical (unpaired) electrons. The van der Waals surface area contributed by atoms with E-state index in [9.17, 15) is 9.59 Å². The fourth-order valence-electron chi connectivity index (χ4n) is 4.51. The van der Waals surface area contributed by atoms with Crippen LogP contribution in [0.25, 0.3) is 0 Å². The van der Waals surface area contributed by atoms with Crippen LogP contribution >= 0.6 is 0 Å². The molecule has 23 heavy (non-hydrogen) atoms. The third-order valence-electron chi connectivity index (χ3n) is 5.89. The van der Waals surface area contributed by atoms with Crippen LogP contribution in [-0.4, -0.2) is 84.5 Å². The van der Waals surface area contributed by atoms with Gasteiger partial charge in [0.15, 0.2) is 0 Å². The summed E-state index contributed by atoms with van der Waals surface area (Å²) in [5, 5.41) is 0. The SMILES string of the molecule is O=C1COCCN1CC(=O)N1CCC2C(CCCN2C2CC2)C1. The maximum Gasteiger partial charge on any atom is 0.249 e. The molecule has 3 heterocycles. The molecule has 0 aromatic carbocycles. The molecule has 6 nitrogen and oxygen atoms in total. The monoisotopic (exact) mass is 321 g/mol. The van der Waals surface area contributed by atoms with Crippen LogP contribution in [0.2, 0.25) is 0 Å². The number of carbonyl (C=O) groups is 2. The van der Waals surface area contributed by atoms with E-state index in [0.29, 0.717) is 25.1 Å². The normalized spacial score (nSPS) is 32.8. The number of morpholine rings is 1. The average molecular weight is 321 g/mol. The van der Waals surface area contributed by atoms with E-state index in [1.165, 1.54) is 32.2 Å². The van der Waals surface area contributed by atoms with Gasteiger partial charge in [0, 0.05) is 31.7 Å². The van der Waals surface area contributed by atoms with E-state index in [0.717, 1.165) is 25.6 Å². The summed E-state index contributed by atoms with van der Waals surface area (Å²) in [5.74, 6) is 0.682. The summed E-state index contributed by atoms with van der Waals surface area (Å²) in [5.41, 5.74) is 0. The Labute approximate surface area is 137 Å². The Morgan fingerprint density at radius 3 is 2.78 bits per heavy atom. The Balaban J connectivity index is 1.34. The third kappa shape index (κ3) is 3.24. The topological polar surface area (TPSA) is 53.1 Å². The number of piperidine rings is 2. The minimum atomic E-state index is -0.0583. The number of ether oxygens (including phenoxy) is 1. The number of rotatable bonds is 3. The van der Waals surface area contributed by atoms with E-state index < -0.39 is 0 Å². The van der Waals surface area contributed by atoms with Gasteiger partial charge in [-0.25, -0.2) is 0 Å². The minimum Gasteiger partial charge on any atom is -0.370 e. The van der Waals surface area contributed by atoms with Crippen molar-refractivity contribution in [3.05, 3.63) is 0 Å². The molecule has 0 bridgehead atoms. The number of amides is 2. The van der Waals surface area contributed by atoms with E-state index in [1.54, 1.807) is 4.90 Å². The molecule has 4 rings (SSSR count). The van der Waals surface area contributed by atoms with Gasteiger partial charge in [0.1, 0.15) is 6.61 Å². The third-order valence-corrected chi connectivity index (χ3v) is 5.89. The van der Waals surface area contributed by atoms with Gasteiger partial charge < -0.3 is 14.5 Å². The smallest absolute Gasteiger partial charge is 0.249 e. The Bertz CT molecular complexity index is 480. The molecule has 1 aliphatic carbocycles. The van der Waals surface area contributed by atoms with Gasteiger partial charge in [0.05, 0.1) is 13.2 Å². The van der Waals surface area contributed by atoms with Gasteiger partial charge in [-0.1, -0.05) is 0 Å². The molecular formula is C17H27N3O3. The summed E-state index contributed by atoms with van der Waals surface area (Å²) in [7, 11) is 0. The molecule has 6 heteroatoms. The van der Waals surface area contributed by atoms with Crippen molar-refractivity contribution in [1.82, 2.24) is 14.7 Å². The largest absolute Gasteiger partial charge is 0.370 e. The van der Waals surface area contributed by atoms with Gasteiger partial charge in [-0.2, -0.15) is 0 Å². The first kappa shape index (κ1) is 15.4. The lowest BCUT2D eigenvalue weighted by atomic mass is 9.83. The Hall–Kier alpha value is -1.14. The molecule has 0 N–H and O–H groups in total. The van der Waals surface area contributed by atoms with E-state index >= 15 is 0 Å². The minimum absolute atomic E-state index is 0.0583. The molecule has 2 amide bonds. The summed E-state index contributed by atoms with van der Waals surface area (Å²) < 4.78 is 5.13. The Morgan fingerprint density at radius 1 is 1.13 bits per heavy atom. The Kier molecular flexibility index (Phi) is 4.28. The molecule has 0 aromatic rings. The van der Waals surface area contributed by atoms with Crippen molar-refractivity contribution in [1.29, 1.82) is 0 Å². The number of hydrogen-bond acceptors (Lipinski definition) is 4. The second-order valence-corrected chi connectivity index (χ2v) is 7.43. The first-order valence-electron chi connectivity index (χ1n) is 9.11. The van der Waals surface area contributed by atoms with Crippen LogP contribution in [0.15, 0.2) is 0 Å². The molecule has 128 valence electrons. The average Bonchev–Trinajstić information content (AvgIpc) is 3.40. The molecule has 3 saturated heterocycles. The fourth-order valence-corrected chi connectivity index (χ4v) is 4.51. The van der Waals surface area contributed by atoms with Gasteiger partial charge in [-0.05, 0) is 44.6 Å². The van der Waals surface area contributed by atoms with Gasteiger partial charge in [-0.3, -0.25) is 14.5 Å². The fraction of sp³-hybridized carbons (Fsp3) is 0.882. The van der Waals surface area contributed by atoms with Crippen molar-refractivity contribution < 1.29 is 14.3 Å². The number of hydrogen-bond donors (Lipinski definition) is 0. The van der Waals surface area contributed by atoms with E-state index in [4.69, 9.17) is 4.74 Å². The summed E-state index contributed by atoms with van der Waals surface area (Å²) in [6.07, 6.45) is 6.34. The van der Waals surface area contributed by atoms with E-state index in [2.05, 4.69) is 4.90 Å². The first-order chi connectivity index (χ1) is 11.2. The standard InChI is InChI=1S/C17H27N3O3/c21-16(11-19-8-9-23-12-17(19)22)18-7-5-15-13(10-18)2-1-6-20(15)14-3-4-14/h13-15H,1-12H2. The van der Waals surface area contributed by atoms with Gasteiger partial charge in [0.2, 0.25) is 11.8 Å². The van der Waals surface area contributed by atoms with Crippen LogP contribution in [-0.2, 0) is 14.3 Å². The van der Waals surface area contributed by atoms with E-state index in [-0.39, 0.29) is 25.0 Å². The number of carbonyl (C=O) groups excluding carboxylic acids is 2. The lowest BCUT2D eigenvalue weighted by Gasteiger charge is -2.47. The van der Waals surface area contributed by atoms with Gasteiger partial charge in [0.25, 0.3) is 0 Å². The van der Waals surface area contributed by atoms with Crippen molar-refractivity contribution in [3.8, 4) is 0 Å². The summed E-state index contributed by atoms with van der Waals surface area (Å²) in [6, 6.07) is 1.52. The molecular weight excluding hydrogens is 294 g/mol. The predicted octanol–water partition coefficient (Wildman–Crippen LogP) is 0.321. The number of likely N-dealkylation sites (tertiary alicyclic amines) is 2. The van der Waals surface area contributed by atoms with Crippen molar-refractivity contribution in [2.24, 2.45) is 5.92 Å². The van der Waals surface area contributed by atoms with Crippen LogP contribution in [0.3, 0.4) is 0 Å². The van der Waals surface area contributed by atoms with Crippen molar-refractivity contribution >= 4 is 11.8 Å². The molecule has 3 aliphatic heterocycles. The lowest BCUT2D eigenvalue weighted by Crippen LogP contribution is -2.57. The molecule has 2 unspecified atom stereocenters. The van der Waals surface area contributed by atoms with Gasteiger partial charge >= 0.3 is 0 Å². The highest BCUT2D eigenvalue weighted by molar-refractivity contribution is 5.85.